The molecule has 1 aromatic carbocycles. The molecule has 5 heterocycles. The number of hydrogen-bond acceptors (Lipinski definition) is 6. The molecule has 0 aliphatic carbocycles. The molecule has 3 aromatic heterocycles. The molecule has 11 heteroatoms. The van der Waals surface area contributed by atoms with Crippen LogP contribution in [-0.4, -0.2) is 50.0 Å². The number of amides is 1. The van der Waals surface area contributed by atoms with Crippen LogP contribution in [0.1, 0.15) is 34.9 Å². The number of nitrogens with zero attached hydrogens (tertiary/aromatic N) is 6. The molecule has 2 aliphatic rings. The number of rotatable bonds is 3. The first kappa shape index (κ1) is 21.4. The molecular weight excluding hydrogens is 456 g/mol. The Labute approximate surface area is 198 Å². The van der Waals surface area contributed by atoms with Gasteiger partial charge in [-0.1, -0.05) is 0 Å². The van der Waals surface area contributed by atoms with Crippen LogP contribution in [-0.2, 0) is 6.42 Å². The minimum absolute atomic E-state index is 0.0177. The van der Waals surface area contributed by atoms with Crippen molar-refractivity contribution in [3.63, 3.8) is 0 Å². The molecule has 4 aromatic rings. The quantitative estimate of drug-likeness (QED) is 0.487. The van der Waals surface area contributed by atoms with Gasteiger partial charge in [0.05, 0.1) is 11.2 Å². The van der Waals surface area contributed by atoms with Crippen LogP contribution in [0.5, 0.6) is 0 Å². The third kappa shape index (κ3) is 3.63. The Hall–Kier alpha value is -4.15. The molecule has 0 spiro atoms. The van der Waals surface area contributed by atoms with Gasteiger partial charge in [-0.3, -0.25) is 14.3 Å². The van der Waals surface area contributed by atoms with Crippen LogP contribution in [0.3, 0.4) is 0 Å². The van der Waals surface area contributed by atoms with Gasteiger partial charge >= 0.3 is 5.69 Å². The summed E-state index contributed by atoms with van der Waals surface area (Å²) in [5.74, 6) is -1.28. The smallest absolute Gasteiger partial charge is 0.327 e. The van der Waals surface area contributed by atoms with Crippen molar-refractivity contribution >= 4 is 28.6 Å². The van der Waals surface area contributed by atoms with Gasteiger partial charge in [-0.2, -0.15) is 0 Å². The molecule has 0 saturated carbocycles. The Morgan fingerprint density at radius 2 is 1.89 bits per heavy atom. The first-order valence-electron chi connectivity index (χ1n) is 11.4. The number of carbonyl (C=O) groups is 1. The van der Waals surface area contributed by atoms with Crippen molar-refractivity contribution in [3.05, 3.63) is 76.2 Å². The van der Waals surface area contributed by atoms with Gasteiger partial charge < -0.3 is 9.80 Å². The summed E-state index contributed by atoms with van der Waals surface area (Å²) in [6, 6.07) is 7.35. The summed E-state index contributed by atoms with van der Waals surface area (Å²) in [6.07, 6.45) is 4.77. The summed E-state index contributed by atoms with van der Waals surface area (Å²) in [5, 5.41) is 0. The number of benzene rings is 1. The molecule has 178 valence electrons. The van der Waals surface area contributed by atoms with Crippen molar-refractivity contribution < 1.29 is 13.6 Å². The molecule has 0 atom stereocenters. The van der Waals surface area contributed by atoms with E-state index in [1.165, 1.54) is 17.3 Å². The maximum absolute atomic E-state index is 14.4. The lowest BCUT2D eigenvalue weighted by atomic mass is 10.0. The van der Waals surface area contributed by atoms with Crippen molar-refractivity contribution in [1.82, 2.24) is 24.5 Å². The van der Waals surface area contributed by atoms with Gasteiger partial charge in [0.25, 0.3) is 5.91 Å². The number of pyridine rings is 1. The molecule has 0 radical (unpaired) electrons. The SMILES string of the molecule is O=C(c1cc(N2CCC(n3c(=O)[nH]c4ncccc43)CC2)ncn1)N1CCc2cc(F)cc(F)c21. The van der Waals surface area contributed by atoms with Crippen LogP contribution in [0, 0.1) is 11.6 Å². The van der Waals surface area contributed by atoms with E-state index in [-0.39, 0.29) is 29.7 Å². The summed E-state index contributed by atoms with van der Waals surface area (Å²) < 4.78 is 29.7. The topological polar surface area (TPSA) is 100 Å². The Bertz CT molecular complexity index is 1510. The van der Waals surface area contributed by atoms with Crippen LogP contribution in [0.25, 0.3) is 11.2 Å². The number of H-pyrrole nitrogens is 1. The fourth-order valence-electron chi connectivity index (χ4n) is 5.11. The number of aromatic amines is 1. The van der Waals surface area contributed by atoms with E-state index in [2.05, 4.69) is 19.9 Å². The molecule has 0 bridgehead atoms. The Morgan fingerprint density at radius 3 is 2.71 bits per heavy atom. The standard InChI is InChI=1S/C24H21F2N7O2/c25-15-10-14-3-9-32(21(14)17(26)11-15)23(34)18-12-20(29-13-28-18)31-7-4-16(5-8-31)33-19-2-1-6-27-22(19)30-24(33)35/h1-2,6,10-13,16H,3-5,7-9H2,(H,27,30,35). The highest BCUT2D eigenvalue weighted by molar-refractivity contribution is 6.06. The summed E-state index contributed by atoms with van der Waals surface area (Å²) in [7, 11) is 0. The van der Waals surface area contributed by atoms with E-state index in [0.29, 0.717) is 49.4 Å². The highest BCUT2D eigenvalue weighted by atomic mass is 19.1. The van der Waals surface area contributed by atoms with Crippen LogP contribution in [0.15, 0.2) is 47.7 Å². The van der Waals surface area contributed by atoms with E-state index in [9.17, 15) is 18.4 Å². The maximum Gasteiger partial charge on any atom is 0.327 e. The number of fused-ring (bicyclic) bond motifs is 2. The molecule has 1 amide bonds. The van der Waals surface area contributed by atoms with Crippen molar-refractivity contribution in [2.75, 3.05) is 29.4 Å². The second kappa shape index (κ2) is 8.26. The third-order valence-corrected chi connectivity index (χ3v) is 6.74. The normalized spacial score (nSPS) is 16.2. The zero-order valence-corrected chi connectivity index (χ0v) is 18.6. The number of halogens is 2. The number of piperidine rings is 1. The fourth-order valence-corrected chi connectivity index (χ4v) is 5.11. The van der Waals surface area contributed by atoms with Gasteiger partial charge in [-0.15, -0.1) is 0 Å². The van der Waals surface area contributed by atoms with E-state index in [4.69, 9.17) is 0 Å². The first-order valence-corrected chi connectivity index (χ1v) is 11.4. The molecular formula is C24H21F2N7O2. The highest BCUT2D eigenvalue weighted by Crippen LogP contribution is 2.33. The average molecular weight is 477 g/mol. The Balaban J connectivity index is 1.20. The summed E-state index contributed by atoms with van der Waals surface area (Å²) in [6.45, 7) is 1.53. The average Bonchev–Trinajstić information content (AvgIpc) is 3.44. The van der Waals surface area contributed by atoms with Gasteiger partial charge in [0, 0.05) is 44.0 Å². The van der Waals surface area contributed by atoms with Gasteiger partial charge in [0.1, 0.15) is 29.5 Å². The van der Waals surface area contributed by atoms with Crippen LogP contribution in [0.2, 0.25) is 0 Å². The van der Waals surface area contributed by atoms with Gasteiger partial charge in [0.15, 0.2) is 5.65 Å². The lowest BCUT2D eigenvalue weighted by molar-refractivity contribution is 0.0983. The lowest BCUT2D eigenvalue weighted by Crippen LogP contribution is -2.37. The maximum atomic E-state index is 14.4. The van der Waals surface area contributed by atoms with E-state index in [0.717, 1.165) is 11.6 Å². The fraction of sp³-hybridized carbons (Fsp3) is 0.292. The van der Waals surface area contributed by atoms with E-state index in [1.54, 1.807) is 16.8 Å². The molecule has 35 heavy (non-hydrogen) atoms. The number of imidazole rings is 1. The van der Waals surface area contributed by atoms with Crippen molar-refractivity contribution in [1.29, 1.82) is 0 Å². The molecule has 1 fully saturated rings. The molecule has 6 rings (SSSR count). The van der Waals surface area contributed by atoms with Crippen LogP contribution in [0.4, 0.5) is 20.3 Å². The zero-order chi connectivity index (χ0) is 24.1. The van der Waals surface area contributed by atoms with Crippen molar-refractivity contribution in [2.24, 2.45) is 0 Å². The lowest BCUT2D eigenvalue weighted by Gasteiger charge is -2.33. The predicted octanol–water partition coefficient (Wildman–Crippen LogP) is 2.84. The highest BCUT2D eigenvalue weighted by Gasteiger charge is 2.31. The van der Waals surface area contributed by atoms with E-state index < -0.39 is 17.5 Å². The monoisotopic (exact) mass is 477 g/mol. The van der Waals surface area contributed by atoms with E-state index in [1.807, 2.05) is 17.0 Å². The molecule has 1 N–H and O–H groups in total. The molecule has 0 unspecified atom stereocenters. The number of anilines is 2. The van der Waals surface area contributed by atoms with Gasteiger partial charge in [-0.05, 0) is 43.0 Å². The molecule has 1 saturated heterocycles. The number of hydrogen-bond donors (Lipinski definition) is 1. The molecule has 2 aliphatic heterocycles. The van der Waals surface area contributed by atoms with Gasteiger partial charge in [0.2, 0.25) is 0 Å². The second-order valence-electron chi connectivity index (χ2n) is 8.75. The van der Waals surface area contributed by atoms with Crippen LogP contribution >= 0.6 is 0 Å². The Kier molecular flexibility index (Phi) is 5.05. The minimum Gasteiger partial charge on any atom is -0.356 e. The summed E-state index contributed by atoms with van der Waals surface area (Å²) in [5.41, 5.74) is 1.90. The minimum atomic E-state index is -0.759. The summed E-state index contributed by atoms with van der Waals surface area (Å²) in [4.78, 5) is 44.5. The van der Waals surface area contributed by atoms with E-state index >= 15 is 0 Å². The van der Waals surface area contributed by atoms with Gasteiger partial charge in [-0.25, -0.2) is 28.5 Å². The molecule has 9 nitrogen and oxygen atoms in total. The largest absolute Gasteiger partial charge is 0.356 e. The second-order valence-corrected chi connectivity index (χ2v) is 8.75. The number of carbonyl (C=O) groups excluding carboxylic acids is 1. The van der Waals surface area contributed by atoms with Crippen molar-refractivity contribution in [2.45, 2.75) is 25.3 Å². The van der Waals surface area contributed by atoms with Crippen molar-refractivity contribution in [3.8, 4) is 0 Å². The first-order chi connectivity index (χ1) is 17.0. The third-order valence-electron chi connectivity index (χ3n) is 6.74. The number of aromatic nitrogens is 5. The summed E-state index contributed by atoms with van der Waals surface area (Å²) >= 11 is 0. The Morgan fingerprint density at radius 1 is 1.06 bits per heavy atom. The number of nitrogens with one attached hydrogen (secondary N) is 1. The van der Waals surface area contributed by atoms with Crippen LogP contribution < -0.4 is 15.5 Å². The predicted molar refractivity (Wildman–Crippen MR) is 125 cm³/mol. The zero-order valence-electron chi connectivity index (χ0n) is 18.6.